The first-order valence-corrected chi connectivity index (χ1v) is 11.2. The fourth-order valence-corrected chi connectivity index (χ4v) is 8.01. The molecule has 0 aromatic carbocycles. The van der Waals surface area contributed by atoms with E-state index < -0.39 is 46.6 Å². The molecule has 160 valence electrons. The molecular weight excluding hydrogens is 401 g/mol. The van der Waals surface area contributed by atoms with Gasteiger partial charge in [-0.05, 0) is 61.2 Å². The predicted molar refractivity (Wildman–Crippen MR) is 105 cm³/mol. The Balaban J connectivity index is 1.80. The highest BCUT2D eigenvalue weighted by Crippen LogP contribution is 2.70. The highest BCUT2D eigenvalue weighted by molar-refractivity contribution is 8.13. The van der Waals surface area contributed by atoms with Gasteiger partial charge < -0.3 is 5.11 Å². The summed E-state index contributed by atoms with van der Waals surface area (Å²) in [4.78, 5) is 24.5. The highest BCUT2D eigenvalue weighted by Gasteiger charge is 2.73. The maximum Gasteiger partial charge on any atom is 0.195 e. The number of carbonyl (C=O) groups is 2. The number of hydrogen-bond donors (Lipinski definition) is 1. The van der Waals surface area contributed by atoms with Gasteiger partial charge in [0.15, 0.2) is 16.6 Å². The Morgan fingerprint density at radius 2 is 2.00 bits per heavy atom. The molecule has 4 aliphatic rings. The van der Waals surface area contributed by atoms with Crippen molar-refractivity contribution >= 4 is 22.7 Å². The molecule has 0 bridgehead atoms. The number of halogens is 3. The van der Waals surface area contributed by atoms with E-state index in [1.165, 1.54) is 18.2 Å². The topological polar surface area (TPSA) is 54.4 Å². The molecular formula is C22H27F3O3S. The average molecular weight is 429 g/mol. The zero-order chi connectivity index (χ0) is 21.4. The Kier molecular flexibility index (Phi) is 4.90. The van der Waals surface area contributed by atoms with Gasteiger partial charge >= 0.3 is 0 Å². The smallest absolute Gasteiger partial charge is 0.195 e. The number of rotatable bonds is 2. The summed E-state index contributed by atoms with van der Waals surface area (Å²) >= 11 is 0.622. The molecule has 0 heterocycles. The fraction of sp³-hybridized carbons (Fsp3) is 0.727. The van der Waals surface area contributed by atoms with Crippen molar-refractivity contribution in [3.63, 3.8) is 0 Å². The average Bonchev–Trinajstić information content (AvgIpc) is 2.90. The third-order valence-corrected chi connectivity index (χ3v) is 9.07. The van der Waals surface area contributed by atoms with Crippen LogP contribution in [-0.4, -0.2) is 40.0 Å². The van der Waals surface area contributed by atoms with Crippen LogP contribution >= 0.6 is 11.8 Å². The van der Waals surface area contributed by atoms with Gasteiger partial charge in [0.25, 0.3) is 0 Å². The summed E-state index contributed by atoms with van der Waals surface area (Å²) in [6.07, 6.45) is 1.40. The summed E-state index contributed by atoms with van der Waals surface area (Å²) in [5.41, 5.74) is -4.17. The van der Waals surface area contributed by atoms with E-state index in [1.54, 1.807) is 6.92 Å². The molecule has 3 fully saturated rings. The van der Waals surface area contributed by atoms with Gasteiger partial charge in [-0.1, -0.05) is 31.7 Å². The van der Waals surface area contributed by atoms with Crippen LogP contribution in [0.3, 0.4) is 0 Å². The second kappa shape index (κ2) is 6.71. The van der Waals surface area contributed by atoms with E-state index in [9.17, 15) is 19.1 Å². The van der Waals surface area contributed by atoms with E-state index in [0.717, 1.165) is 0 Å². The maximum atomic E-state index is 16.9. The Hall–Kier alpha value is -1.08. The van der Waals surface area contributed by atoms with Crippen molar-refractivity contribution in [2.45, 2.75) is 58.0 Å². The highest BCUT2D eigenvalue weighted by atomic mass is 32.2. The lowest BCUT2D eigenvalue weighted by atomic mass is 9.45. The summed E-state index contributed by atoms with van der Waals surface area (Å²) in [6, 6.07) is -0.820. The van der Waals surface area contributed by atoms with Crippen molar-refractivity contribution in [2.24, 2.45) is 34.5 Å². The van der Waals surface area contributed by atoms with Crippen LogP contribution in [0.4, 0.5) is 13.2 Å². The molecule has 7 heteroatoms. The molecule has 3 nitrogen and oxygen atoms in total. The lowest BCUT2D eigenvalue weighted by molar-refractivity contribution is -0.201. The van der Waals surface area contributed by atoms with Gasteiger partial charge in [0.05, 0.1) is 6.10 Å². The Morgan fingerprint density at radius 1 is 1.31 bits per heavy atom. The molecule has 0 saturated heterocycles. The quantitative estimate of drug-likeness (QED) is 0.710. The van der Waals surface area contributed by atoms with Crippen LogP contribution in [0.5, 0.6) is 0 Å². The monoisotopic (exact) mass is 428 g/mol. The van der Waals surface area contributed by atoms with E-state index in [0.29, 0.717) is 18.2 Å². The summed E-state index contributed by atoms with van der Waals surface area (Å²) in [5.74, 6) is -2.07. The van der Waals surface area contributed by atoms with Gasteiger partial charge in [-0.3, -0.25) is 9.59 Å². The summed E-state index contributed by atoms with van der Waals surface area (Å²) < 4.78 is 45.0. The van der Waals surface area contributed by atoms with Crippen LogP contribution < -0.4 is 0 Å². The predicted octanol–water partition coefficient (Wildman–Crippen LogP) is 4.35. The van der Waals surface area contributed by atoms with E-state index in [4.69, 9.17) is 0 Å². The van der Waals surface area contributed by atoms with Crippen molar-refractivity contribution in [1.29, 1.82) is 0 Å². The molecule has 9 atom stereocenters. The second-order valence-electron chi connectivity index (χ2n) is 9.71. The minimum absolute atomic E-state index is 0.0554. The van der Waals surface area contributed by atoms with Gasteiger partial charge in [0.1, 0.15) is 12.2 Å². The molecule has 0 aromatic rings. The number of allylic oxidation sites excluding steroid dienone is 4. The van der Waals surface area contributed by atoms with Crippen molar-refractivity contribution in [3.05, 3.63) is 23.8 Å². The van der Waals surface area contributed by atoms with Crippen LogP contribution in [-0.2, 0) is 9.59 Å². The number of ketones is 1. The van der Waals surface area contributed by atoms with Crippen LogP contribution in [0, 0.1) is 34.5 Å². The van der Waals surface area contributed by atoms with Gasteiger partial charge in [-0.25, -0.2) is 13.2 Å². The molecule has 0 amide bonds. The van der Waals surface area contributed by atoms with Crippen molar-refractivity contribution in [1.82, 2.24) is 0 Å². The lowest BCUT2D eigenvalue weighted by Crippen LogP contribution is -2.68. The first-order valence-electron chi connectivity index (χ1n) is 10.2. The Bertz CT molecular complexity index is 813. The van der Waals surface area contributed by atoms with Crippen LogP contribution in [0.1, 0.15) is 40.0 Å². The third kappa shape index (κ3) is 2.62. The molecule has 3 saturated carbocycles. The summed E-state index contributed by atoms with van der Waals surface area (Å²) in [6.45, 7) is 5.33. The Morgan fingerprint density at radius 3 is 2.66 bits per heavy atom. The standard InChI is InChI=1S/C22H27F3O3S/c1-11-6-13-14-8-16(24)15-7-12(26)4-5-21(15,3)22(14,25)17(27)9-20(13,2)18(11)19(28)29-10-23/h4-5,7,11,13-14,16-18,27H,6,8-10H2,1-3H3/t11-,13+,14+,16+,17+,18?,20-,21+,22+/m1/s1. The zero-order valence-corrected chi connectivity index (χ0v) is 17.6. The van der Waals surface area contributed by atoms with E-state index in [2.05, 4.69) is 0 Å². The number of fused-ring (bicyclic) bond motifs is 5. The number of aliphatic hydroxyl groups excluding tert-OH is 1. The van der Waals surface area contributed by atoms with Gasteiger partial charge in [-0.15, -0.1) is 0 Å². The number of aliphatic hydroxyl groups is 1. The molecule has 1 unspecified atom stereocenters. The maximum absolute atomic E-state index is 16.9. The number of hydrogen-bond acceptors (Lipinski definition) is 4. The Labute approximate surface area is 173 Å². The molecule has 0 aromatic heterocycles. The first-order chi connectivity index (χ1) is 13.5. The number of alkyl halides is 3. The number of thioether (sulfide) groups is 1. The molecule has 29 heavy (non-hydrogen) atoms. The summed E-state index contributed by atoms with van der Waals surface area (Å²) in [7, 11) is 0. The van der Waals surface area contributed by atoms with Crippen LogP contribution in [0.15, 0.2) is 23.8 Å². The molecule has 4 rings (SSSR count). The SMILES string of the molecule is C[C@@H]1C[C@H]2[C@@H]3C[C@H](F)C4=CC(=O)C=C[C@]4(C)[C@@]3(F)[C@@H](O)C[C@@]2(C)C1C(=O)SCF. The van der Waals surface area contributed by atoms with Crippen LogP contribution in [0.25, 0.3) is 0 Å². The third-order valence-electron chi connectivity index (χ3n) is 8.42. The molecule has 0 radical (unpaired) electrons. The normalized spacial score (nSPS) is 51.1. The van der Waals surface area contributed by atoms with Gasteiger partial charge in [-0.2, -0.15) is 0 Å². The van der Waals surface area contributed by atoms with Crippen molar-refractivity contribution < 1.29 is 27.9 Å². The minimum Gasteiger partial charge on any atom is -0.390 e. The van der Waals surface area contributed by atoms with E-state index in [1.807, 2.05) is 13.8 Å². The number of carbonyl (C=O) groups excluding carboxylic acids is 2. The van der Waals surface area contributed by atoms with Gasteiger partial charge in [0.2, 0.25) is 0 Å². The molecule has 0 aliphatic heterocycles. The van der Waals surface area contributed by atoms with Crippen LogP contribution in [0.2, 0.25) is 0 Å². The lowest BCUT2D eigenvalue weighted by Gasteiger charge is -2.62. The second-order valence-corrected chi connectivity index (χ2v) is 10.6. The van der Waals surface area contributed by atoms with Crippen molar-refractivity contribution in [2.75, 3.05) is 6.01 Å². The van der Waals surface area contributed by atoms with Crippen molar-refractivity contribution in [3.8, 4) is 0 Å². The largest absolute Gasteiger partial charge is 0.390 e. The molecule has 0 spiro atoms. The molecule has 1 N–H and O–H groups in total. The summed E-state index contributed by atoms with van der Waals surface area (Å²) in [5, 5.41) is 10.8. The van der Waals surface area contributed by atoms with E-state index >= 15 is 8.78 Å². The molecule has 4 aliphatic carbocycles. The van der Waals surface area contributed by atoms with E-state index in [-0.39, 0.29) is 41.1 Å². The zero-order valence-electron chi connectivity index (χ0n) is 16.8. The fourth-order valence-electron chi connectivity index (χ4n) is 7.22. The minimum atomic E-state index is -2.13. The van der Waals surface area contributed by atoms with Gasteiger partial charge in [0, 0.05) is 17.3 Å². The first kappa shape index (κ1) is 21.2.